The van der Waals surface area contributed by atoms with Crippen LogP contribution in [0.1, 0.15) is 11.5 Å². The number of anilines is 1. The Hall–Kier alpha value is -3.36. The lowest BCUT2D eigenvalue weighted by molar-refractivity contribution is -0.111. The minimum absolute atomic E-state index is 0.114. The molecule has 0 aliphatic carbocycles. The molecular weight excluding hydrogens is 404 g/mol. The highest BCUT2D eigenvalue weighted by atomic mass is 32.2. The van der Waals surface area contributed by atoms with Gasteiger partial charge in [0, 0.05) is 13.1 Å². The van der Waals surface area contributed by atoms with E-state index in [1.54, 1.807) is 30.3 Å². The number of carbonyl (C=O) groups is 1. The number of carbonyl (C=O) groups excluding carboxylic acids is 1. The van der Waals surface area contributed by atoms with Crippen molar-refractivity contribution in [3.63, 3.8) is 0 Å². The highest BCUT2D eigenvalue weighted by Gasteiger charge is 2.13. The molecule has 3 rings (SSSR count). The molecule has 0 fully saturated rings. The van der Waals surface area contributed by atoms with Crippen molar-refractivity contribution in [3.05, 3.63) is 84.3 Å². The van der Waals surface area contributed by atoms with Gasteiger partial charge in [-0.2, -0.15) is 4.31 Å². The number of hydrogen-bond acceptors (Lipinski definition) is 5. The number of nitrogens with zero attached hydrogens (tertiary/aromatic N) is 1. The average molecular weight is 426 g/mol. The monoisotopic (exact) mass is 426 g/mol. The van der Waals surface area contributed by atoms with Crippen molar-refractivity contribution in [1.82, 2.24) is 4.31 Å². The minimum atomic E-state index is -3.30. The number of benzene rings is 2. The number of amides is 1. The van der Waals surface area contributed by atoms with Gasteiger partial charge >= 0.3 is 0 Å². The predicted octanol–water partition coefficient (Wildman–Crippen LogP) is 4.12. The maximum absolute atomic E-state index is 12.3. The van der Waals surface area contributed by atoms with E-state index < -0.39 is 10.0 Å². The van der Waals surface area contributed by atoms with Gasteiger partial charge in [-0.25, -0.2) is 8.42 Å². The molecule has 2 aromatic carbocycles. The predicted molar refractivity (Wildman–Crippen MR) is 116 cm³/mol. The van der Waals surface area contributed by atoms with Crippen LogP contribution in [-0.2, 0) is 21.4 Å². The van der Waals surface area contributed by atoms with E-state index in [1.165, 1.54) is 23.5 Å². The second-order valence-electron chi connectivity index (χ2n) is 6.56. The van der Waals surface area contributed by atoms with Gasteiger partial charge in [-0.3, -0.25) is 4.79 Å². The molecular formula is C22H22N2O5S. The summed E-state index contributed by atoms with van der Waals surface area (Å²) in [5.41, 5.74) is 0.533. The van der Waals surface area contributed by atoms with Crippen molar-refractivity contribution in [3.8, 4) is 11.5 Å². The Morgan fingerprint density at radius 1 is 1.07 bits per heavy atom. The zero-order valence-electron chi connectivity index (χ0n) is 16.6. The Morgan fingerprint density at radius 3 is 2.50 bits per heavy atom. The van der Waals surface area contributed by atoms with E-state index >= 15 is 0 Å². The van der Waals surface area contributed by atoms with Crippen LogP contribution in [0.3, 0.4) is 0 Å². The topological polar surface area (TPSA) is 88.8 Å². The van der Waals surface area contributed by atoms with Crippen LogP contribution in [0.5, 0.6) is 11.5 Å². The maximum Gasteiger partial charge on any atom is 0.248 e. The molecule has 1 amide bonds. The van der Waals surface area contributed by atoms with Crippen LogP contribution in [-0.4, -0.2) is 31.9 Å². The lowest BCUT2D eigenvalue weighted by Crippen LogP contribution is -2.24. The van der Waals surface area contributed by atoms with Crippen molar-refractivity contribution < 1.29 is 22.4 Å². The minimum Gasteiger partial charge on any atom is -0.460 e. The Labute approximate surface area is 175 Å². The number of hydrogen-bond donors (Lipinski definition) is 1. The quantitative estimate of drug-likeness (QED) is 0.548. The lowest BCUT2D eigenvalue weighted by atomic mass is 10.2. The van der Waals surface area contributed by atoms with Crippen molar-refractivity contribution >= 4 is 27.7 Å². The van der Waals surface area contributed by atoms with Gasteiger partial charge in [-0.05, 0) is 42.5 Å². The van der Waals surface area contributed by atoms with E-state index in [2.05, 4.69) is 5.32 Å². The maximum atomic E-state index is 12.3. The van der Waals surface area contributed by atoms with Gasteiger partial charge in [0.05, 0.1) is 18.5 Å². The molecule has 1 N–H and O–H groups in total. The van der Waals surface area contributed by atoms with Gasteiger partial charge in [0.25, 0.3) is 0 Å². The Bertz CT molecular complexity index is 1140. The first-order valence-corrected chi connectivity index (χ1v) is 11.0. The van der Waals surface area contributed by atoms with Crippen LogP contribution < -0.4 is 10.1 Å². The fourth-order valence-electron chi connectivity index (χ4n) is 2.51. The number of rotatable bonds is 8. The van der Waals surface area contributed by atoms with Crippen molar-refractivity contribution in [1.29, 1.82) is 0 Å². The average Bonchev–Trinajstić information content (AvgIpc) is 3.15. The lowest BCUT2D eigenvalue weighted by Gasteiger charge is -2.11. The third kappa shape index (κ3) is 6.07. The molecule has 0 aliphatic rings. The van der Waals surface area contributed by atoms with E-state index in [0.29, 0.717) is 28.7 Å². The number of sulfonamides is 1. The zero-order chi connectivity index (χ0) is 21.6. The van der Waals surface area contributed by atoms with Gasteiger partial charge in [0.2, 0.25) is 15.9 Å². The number of para-hydroxylation sites is 3. The molecule has 0 unspecified atom stereocenters. The Kier molecular flexibility index (Phi) is 6.71. The summed E-state index contributed by atoms with van der Waals surface area (Å²) in [4.78, 5) is 12.3. The molecule has 1 aromatic heterocycles. The molecule has 0 aliphatic heterocycles. The molecule has 0 spiro atoms. The van der Waals surface area contributed by atoms with E-state index in [9.17, 15) is 13.2 Å². The molecule has 0 radical (unpaired) electrons. The summed E-state index contributed by atoms with van der Waals surface area (Å²) in [5, 5.41) is 2.78. The van der Waals surface area contributed by atoms with E-state index in [4.69, 9.17) is 9.15 Å². The molecule has 156 valence electrons. The van der Waals surface area contributed by atoms with Crippen LogP contribution in [0.25, 0.3) is 6.08 Å². The molecule has 0 saturated heterocycles. The normalized spacial score (nSPS) is 11.7. The first-order valence-electron chi connectivity index (χ1n) is 9.12. The third-order valence-electron chi connectivity index (χ3n) is 4.14. The Morgan fingerprint density at radius 2 is 1.77 bits per heavy atom. The molecule has 30 heavy (non-hydrogen) atoms. The summed E-state index contributed by atoms with van der Waals surface area (Å²) in [6, 6.07) is 19.8. The molecule has 0 atom stereocenters. The first kappa shape index (κ1) is 21.4. The van der Waals surface area contributed by atoms with Crippen LogP contribution in [0, 0.1) is 0 Å². The SMILES string of the molecule is CN(Cc1ccc(/C=C/C(=O)Nc2ccccc2Oc2ccccc2)o1)S(C)(=O)=O. The van der Waals surface area contributed by atoms with Gasteiger partial charge in [-0.15, -0.1) is 0 Å². The van der Waals surface area contributed by atoms with Crippen molar-refractivity contribution in [2.45, 2.75) is 6.54 Å². The Balaban J connectivity index is 1.63. The summed E-state index contributed by atoms with van der Waals surface area (Å²) < 4.78 is 35.5. The van der Waals surface area contributed by atoms with Crippen molar-refractivity contribution in [2.75, 3.05) is 18.6 Å². The summed E-state index contributed by atoms with van der Waals surface area (Å²) in [6.45, 7) is 0.114. The van der Waals surface area contributed by atoms with Gasteiger partial charge in [-0.1, -0.05) is 30.3 Å². The molecule has 0 bridgehead atoms. The van der Waals surface area contributed by atoms with Crippen LogP contribution in [0.2, 0.25) is 0 Å². The van der Waals surface area contributed by atoms with Gasteiger partial charge < -0.3 is 14.5 Å². The third-order valence-corrected chi connectivity index (χ3v) is 5.40. The van der Waals surface area contributed by atoms with E-state index in [-0.39, 0.29) is 12.5 Å². The van der Waals surface area contributed by atoms with Gasteiger partial charge in [0.1, 0.15) is 17.3 Å². The second-order valence-corrected chi connectivity index (χ2v) is 8.65. The summed E-state index contributed by atoms with van der Waals surface area (Å²) in [6.07, 6.45) is 3.97. The molecule has 8 heteroatoms. The van der Waals surface area contributed by atoms with Crippen LogP contribution >= 0.6 is 0 Å². The number of furan rings is 1. The summed E-state index contributed by atoms with van der Waals surface area (Å²) >= 11 is 0. The fourth-order valence-corrected chi connectivity index (χ4v) is 2.87. The molecule has 0 saturated carbocycles. The van der Waals surface area contributed by atoms with Crippen LogP contribution in [0.15, 0.2) is 77.2 Å². The fraction of sp³-hybridized carbons (Fsp3) is 0.136. The molecule has 7 nitrogen and oxygen atoms in total. The first-order chi connectivity index (χ1) is 14.3. The summed E-state index contributed by atoms with van der Waals surface area (Å²) in [7, 11) is -1.83. The van der Waals surface area contributed by atoms with Crippen molar-refractivity contribution in [2.24, 2.45) is 0 Å². The highest BCUT2D eigenvalue weighted by molar-refractivity contribution is 7.88. The zero-order valence-corrected chi connectivity index (χ0v) is 17.4. The smallest absolute Gasteiger partial charge is 0.248 e. The van der Waals surface area contributed by atoms with Gasteiger partial charge in [0.15, 0.2) is 5.75 Å². The highest BCUT2D eigenvalue weighted by Crippen LogP contribution is 2.29. The number of nitrogens with one attached hydrogen (secondary N) is 1. The largest absolute Gasteiger partial charge is 0.460 e. The van der Waals surface area contributed by atoms with E-state index in [1.807, 2.05) is 36.4 Å². The molecule has 3 aromatic rings. The van der Waals surface area contributed by atoms with E-state index in [0.717, 1.165) is 6.26 Å². The standard InChI is InChI=1S/C22H22N2O5S/c1-24(30(2,26)27)16-19-13-12-18(28-19)14-15-22(25)23-20-10-6-7-11-21(20)29-17-8-4-3-5-9-17/h3-15H,16H2,1-2H3,(H,23,25)/b15-14+. The second kappa shape index (κ2) is 9.43. The molecule has 1 heterocycles. The summed E-state index contributed by atoms with van der Waals surface area (Å²) in [5.74, 6) is 1.75. The van der Waals surface area contributed by atoms with Crippen LogP contribution in [0.4, 0.5) is 5.69 Å². The number of ether oxygens (including phenoxy) is 1.